The van der Waals surface area contributed by atoms with Crippen molar-refractivity contribution in [3.05, 3.63) is 65.2 Å². The SMILES string of the molecule is CCOc1ccccc1/C=C/C(=O)OC(C)C(=O)Nc1cccc(Cl)c1. The minimum Gasteiger partial charge on any atom is -0.493 e. The second-order valence-corrected chi connectivity index (χ2v) is 5.82. The summed E-state index contributed by atoms with van der Waals surface area (Å²) in [6, 6.07) is 14.1. The van der Waals surface area contributed by atoms with E-state index in [1.807, 2.05) is 31.2 Å². The maximum atomic E-state index is 12.1. The van der Waals surface area contributed by atoms with Gasteiger partial charge in [0.15, 0.2) is 6.10 Å². The third-order valence-electron chi connectivity index (χ3n) is 3.37. The van der Waals surface area contributed by atoms with Gasteiger partial charge in [0.05, 0.1) is 6.61 Å². The van der Waals surface area contributed by atoms with Gasteiger partial charge in [-0.2, -0.15) is 0 Å². The number of ether oxygens (including phenoxy) is 2. The first-order valence-corrected chi connectivity index (χ1v) is 8.54. The van der Waals surface area contributed by atoms with Crippen LogP contribution in [0.3, 0.4) is 0 Å². The summed E-state index contributed by atoms with van der Waals surface area (Å²) in [6.45, 7) is 3.91. The molecule has 26 heavy (non-hydrogen) atoms. The Morgan fingerprint density at radius 2 is 1.96 bits per heavy atom. The fraction of sp³-hybridized carbons (Fsp3) is 0.200. The highest BCUT2D eigenvalue weighted by Crippen LogP contribution is 2.19. The molecule has 0 spiro atoms. The molecule has 0 radical (unpaired) electrons. The van der Waals surface area contributed by atoms with Gasteiger partial charge in [-0.3, -0.25) is 4.79 Å². The molecule has 0 aliphatic carbocycles. The van der Waals surface area contributed by atoms with E-state index in [9.17, 15) is 9.59 Å². The van der Waals surface area contributed by atoms with Gasteiger partial charge in [0, 0.05) is 22.3 Å². The Bertz CT molecular complexity index is 804. The maximum absolute atomic E-state index is 12.1. The summed E-state index contributed by atoms with van der Waals surface area (Å²) >= 11 is 5.87. The van der Waals surface area contributed by atoms with Crippen LogP contribution in [0.2, 0.25) is 5.02 Å². The average molecular weight is 374 g/mol. The molecule has 0 bridgehead atoms. The van der Waals surface area contributed by atoms with E-state index in [1.165, 1.54) is 13.0 Å². The van der Waals surface area contributed by atoms with Crippen molar-refractivity contribution in [2.24, 2.45) is 0 Å². The molecule has 1 unspecified atom stereocenters. The van der Waals surface area contributed by atoms with E-state index in [4.69, 9.17) is 21.1 Å². The van der Waals surface area contributed by atoms with E-state index in [0.29, 0.717) is 23.1 Å². The zero-order valence-corrected chi connectivity index (χ0v) is 15.3. The van der Waals surface area contributed by atoms with Crippen molar-refractivity contribution >= 4 is 35.2 Å². The lowest BCUT2D eigenvalue weighted by molar-refractivity contribution is -0.148. The van der Waals surface area contributed by atoms with Gasteiger partial charge in [0.1, 0.15) is 5.75 Å². The highest BCUT2D eigenvalue weighted by atomic mass is 35.5. The van der Waals surface area contributed by atoms with Crippen LogP contribution >= 0.6 is 11.6 Å². The highest BCUT2D eigenvalue weighted by molar-refractivity contribution is 6.30. The second kappa shape index (κ2) is 9.63. The summed E-state index contributed by atoms with van der Waals surface area (Å²) in [5.74, 6) is -0.389. The number of carbonyl (C=O) groups is 2. The number of nitrogens with one attached hydrogen (secondary N) is 1. The van der Waals surface area contributed by atoms with E-state index >= 15 is 0 Å². The monoisotopic (exact) mass is 373 g/mol. The molecule has 0 saturated carbocycles. The number of carbonyl (C=O) groups excluding carboxylic acids is 2. The fourth-order valence-corrected chi connectivity index (χ4v) is 2.33. The Hall–Kier alpha value is -2.79. The molecule has 1 N–H and O–H groups in total. The summed E-state index contributed by atoms with van der Waals surface area (Å²) < 4.78 is 10.6. The predicted octanol–water partition coefficient (Wildman–Crippen LogP) is 4.32. The summed E-state index contributed by atoms with van der Waals surface area (Å²) in [5.41, 5.74) is 1.29. The molecule has 0 saturated heterocycles. The predicted molar refractivity (Wildman–Crippen MR) is 102 cm³/mol. The van der Waals surface area contributed by atoms with Crippen molar-refractivity contribution < 1.29 is 19.1 Å². The second-order valence-electron chi connectivity index (χ2n) is 5.38. The zero-order chi connectivity index (χ0) is 18.9. The Morgan fingerprint density at radius 3 is 2.69 bits per heavy atom. The zero-order valence-electron chi connectivity index (χ0n) is 14.6. The van der Waals surface area contributed by atoms with Crippen LogP contribution in [0.1, 0.15) is 19.4 Å². The number of halogens is 1. The van der Waals surface area contributed by atoms with Crippen LogP contribution in [0.15, 0.2) is 54.6 Å². The van der Waals surface area contributed by atoms with Gasteiger partial charge in [0.2, 0.25) is 0 Å². The number of para-hydroxylation sites is 1. The summed E-state index contributed by atoms with van der Waals surface area (Å²) in [7, 11) is 0. The van der Waals surface area contributed by atoms with E-state index in [-0.39, 0.29) is 0 Å². The van der Waals surface area contributed by atoms with Crippen molar-refractivity contribution in [1.82, 2.24) is 0 Å². The Kier molecular flexibility index (Phi) is 7.24. The summed E-state index contributed by atoms with van der Waals surface area (Å²) in [5, 5.41) is 3.15. The highest BCUT2D eigenvalue weighted by Gasteiger charge is 2.16. The molecular weight excluding hydrogens is 354 g/mol. The van der Waals surface area contributed by atoms with Crippen molar-refractivity contribution in [2.45, 2.75) is 20.0 Å². The van der Waals surface area contributed by atoms with Gasteiger partial charge in [-0.25, -0.2) is 4.79 Å². The minimum atomic E-state index is -0.951. The molecule has 5 nitrogen and oxygen atoms in total. The number of anilines is 1. The summed E-state index contributed by atoms with van der Waals surface area (Å²) in [4.78, 5) is 24.1. The lowest BCUT2D eigenvalue weighted by Crippen LogP contribution is -2.29. The largest absolute Gasteiger partial charge is 0.493 e. The Balaban J connectivity index is 1.93. The van der Waals surface area contributed by atoms with Crippen LogP contribution in [0.4, 0.5) is 5.69 Å². The molecule has 2 aromatic carbocycles. The van der Waals surface area contributed by atoms with Crippen molar-refractivity contribution in [2.75, 3.05) is 11.9 Å². The smallest absolute Gasteiger partial charge is 0.331 e. The fourth-order valence-electron chi connectivity index (χ4n) is 2.14. The van der Waals surface area contributed by atoms with Gasteiger partial charge < -0.3 is 14.8 Å². The molecule has 0 aliphatic heterocycles. The lowest BCUT2D eigenvalue weighted by atomic mass is 10.2. The van der Waals surface area contributed by atoms with Crippen LogP contribution in [-0.2, 0) is 14.3 Å². The first kappa shape index (κ1) is 19.5. The van der Waals surface area contributed by atoms with Crippen LogP contribution in [-0.4, -0.2) is 24.6 Å². The number of rotatable bonds is 7. The number of amides is 1. The van der Waals surface area contributed by atoms with E-state index in [0.717, 1.165) is 5.56 Å². The lowest BCUT2D eigenvalue weighted by Gasteiger charge is -2.12. The molecule has 0 heterocycles. The van der Waals surface area contributed by atoms with Crippen molar-refractivity contribution in [3.63, 3.8) is 0 Å². The summed E-state index contributed by atoms with van der Waals surface area (Å²) in [6.07, 6.45) is 1.91. The Labute approximate surface area is 157 Å². The van der Waals surface area contributed by atoms with Crippen LogP contribution < -0.4 is 10.1 Å². The van der Waals surface area contributed by atoms with Gasteiger partial charge in [-0.05, 0) is 44.2 Å². The first-order chi connectivity index (χ1) is 12.5. The van der Waals surface area contributed by atoms with E-state index in [2.05, 4.69) is 5.32 Å². The van der Waals surface area contributed by atoms with Gasteiger partial charge in [-0.15, -0.1) is 0 Å². The molecule has 0 aliphatic rings. The van der Waals surface area contributed by atoms with Crippen LogP contribution in [0, 0.1) is 0 Å². The van der Waals surface area contributed by atoms with Crippen LogP contribution in [0.5, 0.6) is 5.75 Å². The van der Waals surface area contributed by atoms with Gasteiger partial charge >= 0.3 is 5.97 Å². The standard InChI is InChI=1S/C20H20ClNO4/c1-3-25-18-10-5-4-7-15(18)11-12-19(23)26-14(2)20(24)22-17-9-6-8-16(21)13-17/h4-14H,3H2,1-2H3,(H,22,24)/b12-11+. The van der Waals surface area contributed by atoms with E-state index in [1.54, 1.807) is 30.3 Å². The quantitative estimate of drug-likeness (QED) is 0.579. The molecule has 1 atom stereocenters. The van der Waals surface area contributed by atoms with E-state index < -0.39 is 18.0 Å². The van der Waals surface area contributed by atoms with Gasteiger partial charge in [-0.1, -0.05) is 35.9 Å². The molecular formula is C20H20ClNO4. The normalized spacial score (nSPS) is 11.8. The topological polar surface area (TPSA) is 64.6 Å². The molecule has 0 fully saturated rings. The van der Waals surface area contributed by atoms with Crippen molar-refractivity contribution in [1.29, 1.82) is 0 Å². The average Bonchev–Trinajstić information content (AvgIpc) is 2.61. The molecule has 2 aromatic rings. The minimum absolute atomic E-state index is 0.441. The van der Waals surface area contributed by atoms with Crippen molar-refractivity contribution in [3.8, 4) is 5.75 Å². The number of hydrogen-bond donors (Lipinski definition) is 1. The number of hydrogen-bond acceptors (Lipinski definition) is 4. The number of benzene rings is 2. The van der Waals surface area contributed by atoms with Gasteiger partial charge in [0.25, 0.3) is 5.91 Å². The third-order valence-corrected chi connectivity index (χ3v) is 3.61. The molecule has 0 aromatic heterocycles. The third kappa shape index (κ3) is 5.93. The Morgan fingerprint density at radius 1 is 1.19 bits per heavy atom. The molecule has 136 valence electrons. The number of esters is 1. The molecule has 6 heteroatoms. The maximum Gasteiger partial charge on any atom is 0.331 e. The van der Waals surface area contributed by atoms with Crippen LogP contribution in [0.25, 0.3) is 6.08 Å². The first-order valence-electron chi connectivity index (χ1n) is 8.16. The molecule has 1 amide bonds. The molecule has 2 rings (SSSR count).